The number of hydrogen-bond donors (Lipinski definition) is 1. The first-order chi connectivity index (χ1) is 10.6. The topological polar surface area (TPSA) is 32.3 Å². The molecule has 1 amide bonds. The summed E-state index contributed by atoms with van der Waals surface area (Å²) < 4.78 is 0. The fourth-order valence-corrected chi connectivity index (χ4v) is 4.00. The third kappa shape index (κ3) is 6.12. The van der Waals surface area contributed by atoms with Crippen molar-refractivity contribution in [1.82, 2.24) is 10.2 Å². The number of hydrogen-bond acceptors (Lipinski definition) is 2. The summed E-state index contributed by atoms with van der Waals surface area (Å²) in [5.41, 5.74) is 1.06. The average molecular weight is 306 g/mol. The Labute approximate surface area is 136 Å². The van der Waals surface area contributed by atoms with Crippen LogP contribution >= 0.6 is 0 Å². The zero-order chi connectivity index (χ0) is 15.8. The van der Waals surface area contributed by atoms with E-state index in [0.29, 0.717) is 0 Å². The molecule has 2 rings (SSSR count). The second-order valence-electron chi connectivity index (χ2n) is 7.45. The van der Waals surface area contributed by atoms with Crippen LogP contribution in [0.4, 0.5) is 0 Å². The highest BCUT2D eigenvalue weighted by molar-refractivity contribution is 5.87. The normalized spacial score (nSPS) is 24.5. The molecule has 1 unspecified atom stereocenters. The first-order valence-electron chi connectivity index (χ1n) is 9.32. The van der Waals surface area contributed by atoms with Crippen molar-refractivity contribution in [3.63, 3.8) is 0 Å². The molecule has 22 heavy (non-hydrogen) atoms. The number of rotatable bonds is 5. The maximum Gasteiger partial charge on any atom is 0.243 e. The van der Waals surface area contributed by atoms with E-state index in [-0.39, 0.29) is 5.91 Å². The summed E-state index contributed by atoms with van der Waals surface area (Å²) in [7, 11) is 0. The molecule has 0 radical (unpaired) electrons. The van der Waals surface area contributed by atoms with Crippen LogP contribution in [-0.2, 0) is 4.79 Å². The van der Waals surface area contributed by atoms with Gasteiger partial charge >= 0.3 is 0 Å². The maximum atomic E-state index is 11.6. The molecule has 0 bridgehead atoms. The van der Waals surface area contributed by atoms with E-state index in [2.05, 4.69) is 10.2 Å². The molecular formula is C19H34N2O. The van der Waals surface area contributed by atoms with E-state index < -0.39 is 0 Å². The molecule has 1 aliphatic heterocycles. The number of piperidine rings is 1. The van der Waals surface area contributed by atoms with Crippen molar-refractivity contribution >= 4 is 5.91 Å². The number of allylic oxidation sites excluding steroid dienone is 1. The number of nitrogens with zero attached hydrogens (tertiary/aromatic N) is 1. The highest BCUT2D eigenvalue weighted by Crippen LogP contribution is 2.27. The van der Waals surface area contributed by atoms with E-state index in [1.165, 1.54) is 64.5 Å². The van der Waals surface area contributed by atoms with Crippen molar-refractivity contribution in [2.24, 2.45) is 5.92 Å². The van der Waals surface area contributed by atoms with Crippen LogP contribution in [0.3, 0.4) is 0 Å². The number of amides is 1. The predicted molar refractivity (Wildman–Crippen MR) is 92.8 cm³/mol. The van der Waals surface area contributed by atoms with Crippen LogP contribution in [0.1, 0.15) is 71.6 Å². The van der Waals surface area contributed by atoms with E-state index in [4.69, 9.17) is 0 Å². The van der Waals surface area contributed by atoms with Gasteiger partial charge < -0.3 is 10.2 Å². The van der Waals surface area contributed by atoms with Gasteiger partial charge in [-0.25, -0.2) is 0 Å². The summed E-state index contributed by atoms with van der Waals surface area (Å²) in [5, 5.41) is 3.03. The number of nitrogens with one attached hydrogen (secondary N) is 1. The fourth-order valence-electron chi connectivity index (χ4n) is 4.00. The second-order valence-corrected chi connectivity index (χ2v) is 7.45. The molecule has 3 heteroatoms. The maximum absolute atomic E-state index is 11.6. The molecule has 1 aliphatic carbocycles. The number of carbonyl (C=O) groups excluding carboxylic acids is 1. The van der Waals surface area contributed by atoms with Crippen LogP contribution in [0.2, 0.25) is 0 Å². The molecule has 1 saturated heterocycles. The average Bonchev–Trinajstić information content (AvgIpc) is 2.76. The molecule has 3 nitrogen and oxygen atoms in total. The standard InChI is InChI=1S/C19H34N2O/c1-16(2)14-19(22)20-12-11-17-8-7-13-21(15-17)18-9-5-3-4-6-10-18/h14,17-18H,3-13,15H2,1-2H3,(H,20,22). The Morgan fingerprint density at radius 1 is 1.09 bits per heavy atom. The van der Waals surface area contributed by atoms with Crippen LogP contribution in [-0.4, -0.2) is 36.5 Å². The van der Waals surface area contributed by atoms with E-state index >= 15 is 0 Å². The molecule has 0 spiro atoms. The SMILES string of the molecule is CC(C)=CC(=O)NCCC1CCCN(C2CCCCCC2)C1. The van der Waals surface area contributed by atoms with E-state index in [9.17, 15) is 4.79 Å². The Hall–Kier alpha value is -0.830. The van der Waals surface area contributed by atoms with Gasteiger partial charge in [-0.3, -0.25) is 4.79 Å². The molecular weight excluding hydrogens is 272 g/mol. The summed E-state index contributed by atoms with van der Waals surface area (Å²) in [6.45, 7) is 7.30. The molecule has 1 N–H and O–H groups in total. The second kappa shape index (κ2) is 9.34. The van der Waals surface area contributed by atoms with Gasteiger partial charge in [0.2, 0.25) is 5.91 Å². The van der Waals surface area contributed by atoms with Crippen molar-refractivity contribution in [3.05, 3.63) is 11.6 Å². The third-order valence-electron chi connectivity index (χ3n) is 5.16. The first-order valence-corrected chi connectivity index (χ1v) is 9.32. The minimum Gasteiger partial charge on any atom is -0.353 e. The highest BCUT2D eigenvalue weighted by Gasteiger charge is 2.26. The molecule has 1 heterocycles. The van der Waals surface area contributed by atoms with Crippen molar-refractivity contribution < 1.29 is 4.79 Å². The lowest BCUT2D eigenvalue weighted by atomic mass is 9.92. The minimum atomic E-state index is 0.0661. The van der Waals surface area contributed by atoms with Crippen molar-refractivity contribution in [3.8, 4) is 0 Å². The van der Waals surface area contributed by atoms with Crippen LogP contribution < -0.4 is 5.32 Å². The van der Waals surface area contributed by atoms with Gasteiger partial charge in [0.15, 0.2) is 0 Å². The van der Waals surface area contributed by atoms with Crippen LogP contribution in [0.25, 0.3) is 0 Å². The van der Waals surface area contributed by atoms with Gasteiger partial charge in [0, 0.05) is 25.2 Å². The fraction of sp³-hybridized carbons (Fsp3) is 0.842. The van der Waals surface area contributed by atoms with Crippen molar-refractivity contribution in [1.29, 1.82) is 0 Å². The van der Waals surface area contributed by atoms with Crippen LogP contribution in [0.15, 0.2) is 11.6 Å². The van der Waals surface area contributed by atoms with Crippen LogP contribution in [0.5, 0.6) is 0 Å². The molecule has 0 aromatic carbocycles. The van der Waals surface area contributed by atoms with Gasteiger partial charge in [0.05, 0.1) is 0 Å². The summed E-state index contributed by atoms with van der Waals surface area (Å²) in [4.78, 5) is 14.4. The lowest BCUT2D eigenvalue weighted by Gasteiger charge is -2.38. The Morgan fingerprint density at radius 3 is 2.50 bits per heavy atom. The minimum absolute atomic E-state index is 0.0661. The third-order valence-corrected chi connectivity index (χ3v) is 5.16. The molecule has 0 aromatic heterocycles. The van der Waals surface area contributed by atoms with Gasteiger partial charge in [0.25, 0.3) is 0 Å². The number of carbonyl (C=O) groups is 1. The molecule has 1 saturated carbocycles. The lowest BCUT2D eigenvalue weighted by Crippen LogP contribution is -2.43. The Balaban J connectivity index is 1.71. The zero-order valence-electron chi connectivity index (χ0n) is 14.6. The summed E-state index contributed by atoms with van der Waals surface area (Å²) >= 11 is 0. The van der Waals surface area contributed by atoms with Gasteiger partial charge in [-0.15, -0.1) is 0 Å². The summed E-state index contributed by atoms with van der Waals surface area (Å²) in [5.74, 6) is 0.834. The Morgan fingerprint density at radius 2 is 1.82 bits per heavy atom. The van der Waals surface area contributed by atoms with E-state index in [0.717, 1.165) is 30.5 Å². The Bertz CT molecular complexity index is 366. The van der Waals surface area contributed by atoms with E-state index in [1.54, 1.807) is 6.08 Å². The lowest BCUT2D eigenvalue weighted by molar-refractivity contribution is -0.116. The molecule has 0 aromatic rings. The van der Waals surface area contributed by atoms with Gasteiger partial charge in [0.1, 0.15) is 0 Å². The van der Waals surface area contributed by atoms with Gasteiger partial charge in [-0.2, -0.15) is 0 Å². The quantitative estimate of drug-likeness (QED) is 0.617. The molecule has 126 valence electrons. The summed E-state index contributed by atoms with van der Waals surface area (Å²) in [6.07, 6.45) is 14.0. The monoisotopic (exact) mass is 306 g/mol. The first kappa shape index (κ1) is 17.5. The number of likely N-dealkylation sites (tertiary alicyclic amines) is 1. The van der Waals surface area contributed by atoms with E-state index in [1.807, 2.05) is 13.8 Å². The molecule has 2 fully saturated rings. The van der Waals surface area contributed by atoms with Gasteiger partial charge in [-0.05, 0) is 58.4 Å². The Kier molecular flexibility index (Phi) is 7.44. The smallest absolute Gasteiger partial charge is 0.243 e. The highest BCUT2D eigenvalue weighted by atomic mass is 16.1. The zero-order valence-corrected chi connectivity index (χ0v) is 14.6. The predicted octanol–water partition coefficient (Wildman–Crippen LogP) is 3.89. The van der Waals surface area contributed by atoms with Crippen molar-refractivity contribution in [2.45, 2.75) is 77.7 Å². The van der Waals surface area contributed by atoms with Gasteiger partial charge in [-0.1, -0.05) is 31.3 Å². The summed E-state index contributed by atoms with van der Waals surface area (Å²) in [6, 6.07) is 0.838. The van der Waals surface area contributed by atoms with Crippen LogP contribution in [0, 0.1) is 5.92 Å². The largest absolute Gasteiger partial charge is 0.353 e. The molecule has 1 atom stereocenters. The molecule has 2 aliphatic rings. The van der Waals surface area contributed by atoms with Crippen molar-refractivity contribution in [2.75, 3.05) is 19.6 Å².